The first-order chi connectivity index (χ1) is 12.5. The molecule has 0 spiro atoms. The zero-order valence-electron chi connectivity index (χ0n) is 15.3. The number of thiazole rings is 1. The number of nitrogens with one attached hydrogen (secondary N) is 1. The Bertz CT molecular complexity index is 640. The molecule has 1 atom stereocenters. The molecule has 0 amide bonds. The summed E-state index contributed by atoms with van der Waals surface area (Å²) in [5, 5.41) is 4.19. The van der Waals surface area contributed by atoms with Gasteiger partial charge in [-0.3, -0.25) is 4.90 Å². The van der Waals surface area contributed by atoms with Crippen LogP contribution in [0.5, 0.6) is 0 Å². The molecule has 1 saturated heterocycles. The fourth-order valence-electron chi connectivity index (χ4n) is 2.61. The molecule has 0 saturated carbocycles. The Morgan fingerprint density at radius 3 is 2.29 bits per heavy atom. The van der Waals surface area contributed by atoms with Gasteiger partial charge in [-0.15, -0.1) is 35.3 Å². The van der Waals surface area contributed by atoms with E-state index in [0.717, 1.165) is 23.6 Å². The molecule has 0 radical (unpaired) electrons. The van der Waals surface area contributed by atoms with Crippen LogP contribution in [0.4, 0.5) is 26.3 Å². The van der Waals surface area contributed by atoms with Crippen LogP contribution in [-0.4, -0.2) is 65.7 Å². The van der Waals surface area contributed by atoms with Gasteiger partial charge in [0, 0.05) is 38.1 Å². The van der Waals surface area contributed by atoms with Crippen LogP contribution in [0.3, 0.4) is 0 Å². The summed E-state index contributed by atoms with van der Waals surface area (Å²) in [6.45, 7) is 4.61. The van der Waals surface area contributed by atoms with Gasteiger partial charge >= 0.3 is 12.4 Å². The van der Waals surface area contributed by atoms with Crippen LogP contribution in [0, 0.1) is 0 Å². The second-order valence-electron chi connectivity index (χ2n) is 6.04. The number of rotatable bonds is 4. The third-order valence-electron chi connectivity index (χ3n) is 4.18. The summed E-state index contributed by atoms with van der Waals surface area (Å²) < 4.78 is 76.3. The lowest BCUT2D eigenvalue weighted by atomic mass is 10.2. The van der Waals surface area contributed by atoms with E-state index in [-0.39, 0.29) is 48.6 Å². The van der Waals surface area contributed by atoms with E-state index in [9.17, 15) is 26.3 Å². The minimum atomic E-state index is -4.49. The average Bonchev–Trinajstić information content (AvgIpc) is 3.07. The molecule has 1 fully saturated rings. The molecule has 1 aromatic rings. The Hall–Kier alpha value is -0.830. The molecule has 0 aromatic carbocycles. The molecule has 5 nitrogen and oxygen atoms in total. The molecule has 1 aliphatic heterocycles. The Morgan fingerprint density at radius 2 is 1.82 bits per heavy atom. The van der Waals surface area contributed by atoms with Crippen molar-refractivity contribution in [2.75, 3.05) is 32.7 Å². The van der Waals surface area contributed by atoms with Crippen molar-refractivity contribution in [3.63, 3.8) is 0 Å². The smallest absolute Gasteiger partial charge is 0.357 e. The fourth-order valence-corrected chi connectivity index (χ4v) is 3.33. The molecule has 1 N–H and O–H groups in total. The second-order valence-corrected chi connectivity index (χ2v) is 6.98. The fraction of sp³-hybridized carbons (Fsp3) is 0.733. The zero-order chi connectivity index (χ0) is 20.2. The molecular weight excluding hydrogens is 523 g/mol. The van der Waals surface area contributed by atoms with Gasteiger partial charge in [-0.05, 0) is 13.8 Å². The van der Waals surface area contributed by atoms with Gasteiger partial charge in [-0.25, -0.2) is 9.98 Å². The van der Waals surface area contributed by atoms with Gasteiger partial charge in [-0.1, -0.05) is 0 Å². The number of aliphatic imine (C=N–C) groups is 1. The van der Waals surface area contributed by atoms with E-state index in [1.807, 2.05) is 6.92 Å². The molecule has 28 heavy (non-hydrogen) atoms. The van der Waals surface area contributed by atoms with Crippen LogP contribution in [0.1, 0.15) is 24.5 Å². The number of nitrogens with zero attached hydrogens (tertiary/aromatic N) is 4. The van der Waals surface area contributed by atoms with E-state index in [2.05, 4.69) is 15.3 Å². The van der Waals surface area contributed by atoms with Crippen molar-refractivity contribution in [3.8, 4) is 0 Å². The summed E-state index contributed by atoms with van der Waals surface area (Å²) in [5.41, 5.74) is -0.947. The summed E-state index contributed by atoms with van der Waals surface area (Å²) >= 11 is 0.872. The van der Waals surface area contributed by atoms with Crippen LogP contribution in [0.15, 0.2) is 10.4 Å². The molecule has 2 heterocycles. The maximum Gasteiger partial charge on any atom is 0.434 e. The predicted octanol–water partition coefficient (Wildman–Crippen LogP) is 3.81. The summed E-state index contributed by atoms with van der Waals surface area (Å²) in [4.78, 5) is 11.0. The molecular formula is C15H22F6IN5S. The lowest BCUT2D eigenvalue weighted by Gasteiger charge is -2.39. The lowest BCUT2D eigenvalue weighted by Crippen LogP contribution is -2.56. The summed E-state index contributed by atoms with van der Waals surface area (Å²) in [6, 6.07) is -1.52. The highest BCUT2D eigenvalue weighted by atomic mass is 127. The van der Waals surface area contributed by atoms with E-state index in [1.54, 1.807) is 4.90 Å². The number of aromatic nitrogens is 1. The van der Waals surface area contributed by atoms with Crippen LogP contribution in [0.25, 0.3) is 0 Å². The maximum absolute atomic E-state index is 12.8. The highest BCUT2D eigenvalue weighted by molar-refractivity contribution is 14.0. The number of hydrogen-bond donors (Lipinski definition) is 1. The average molecular weight is 545 g/mol. The summed E-state index contributed by atoms with van der Waals surface area (Å²) in [5.74, 6) is 0.459. The molecule has 0 aliphatic carbocycles. The molecule has 1 unspecified atom stereocenters. The predicted molar refractivity (Wildman–Crippen MR) is 106 cm³/mol. The Balaban J connectivity index is 0.00000392. The highest BCUT2D eigenvalue weighted by Crippen LogP contribution is 2.30. The Kier molecular flexibility index (Phi) is 9.25. The molecule has 2 rings (SSSR count). The lowest BCUT2D eigenvalue weighted by molar-refractivity contribution is -0.181. The molecule has 0 bridgehead atoms. The minimum absolute atomic E-state index is 0. The third kappa shape index (κ3) is 6.90. The molecule has 162 valence electrons. The largest absolute Gasteiger partial charge is 0.434 e. The minimum Gasteiger partial charge on any atom is -0.357 e. The normalized spacial score (nSPS) is 18.0. The van der Waals surface area contributed by atoms with Crippen LogP contribution < -0.4 is 5.32 Å². The Labute approximate surface area is 180 Å². The van der Waals surface area contributed by atoms with Gasteiger partial charge in [0.2, 0.25) is 0 Å². The summed E-state index contributed by atoms with van der Waals surface area (Å²) in [7, 11) is 0. The van der Waals surface area contributed by atoms with Crippen molar-refractivity contribution in [1.29, 1.82) is 0 Å². The number of guanidine groups is 1. The number of alkyl halides is 6. The van der Waals surface area contributed by atoms with E-state index >= 15 is 0 Å². The van der Waals surface area contributed by atoms with Gasteiger partial charge in [0.05, 0.1) is 6.54 Å². The van der Waals surface area contributed by atoms with Crippen molar-refractivity contribution in [1.82, 2.24) is 20.1 Å². The van der Waals surface area contributed by atoms with E-state index in [1.165, 1.54) is 4.90 Å². The van der Waals surface area contributed by atoms with Crippen molar-refractivity contribution >= 4 is 41.3 Å². The zero-order valence-corrected chi connectivity index (χ0v) is 18.4. The Morgan fingerprint density at radius 1 is 1.21 bits per heavy atom. The van der Waals surface area contributed by atoms with Crippen molar-refractivity contribution in [3.05, 3.63) is 16.1 Å². The monoisotopic (exact) mass is 545 g/mol. The second kappa shape index (κ2) is 10.3. The van der Waals surface area contributed by atoms with Crippen molar-refractivity contribution in [2.24, 2.45) is 4.99 Å². The molecule has 13 heteroatoms. The van der Waals surface area contributed by atoms with Crippen molar-refractivity contribution < 1.29 is 26.3 Å². The van der Waals surface area contributed by atoms with Crippen LogP contribution >= 0.6 is 35.3 Å². The number of hydrogen-bond acceptors (Lipinski definition) is 4. The molecule has 1 aromatic heterocycles. The first-order valence-electron chi connectivity index (χ1n) is 8.38. The number of halogens is 7. The van der Waals surface area contributed by atoms with E-state index in [0.29, 0.717) is 25.6 Å². The van der Waals surface area contributed by atoms with Gasteiger partial charge in [0.15, 0.2) is 11.7 Å². The standard InChI is InChI=1S/C15H21F6N5S.HI/c1-3-22-13(23-8-12-24-11(9-27-12)15(19,20)21)26-6-4-25(5-7-26)10(2)14(16,17)18;/h9-10H,3-8H2,1-2H3,(H,22,23);1H. The summed E-state index contributed by atoms with van der Waals surface area (Å²) in [6.07, 6.45) is -8.77. The first kappa shape index (κ1) is 25.2. The molecule has 1 aliphatic rings. The first-order valence-corrected chi connectivity index (χ1v) is 9.26. The highest BCUT2D eigenvalue weighted by Gasteiger charge is 2.41. The quantitative estimate of drug-likeness (QED) is 0.271. The van der Waals surface area contributed by atoms with Crippen molar-refractivity contribution in [2.45, 2.75) is 38.8 Å². The van der Waals surface area contributed by atoms with E-state index in [4.69, 9.17) is 0 Å². The van der Waals surface area contributed by atoms with Gasteiger partial charge in [0.1, 0.15) is 11.0 Å². The van der Waals surface area contributed by atoms with Crippen LogP contribution in [0.2, 0.25) is 0 Å². The topological polar surface area (TPSA) is 43.8 Å². The van der Waals surface area contributed by atoms with Gasteiger partial charge < -0.3 is 10.2 Å². The third-order valence-corrected chi connectivity index (χ3v) is 5.01. The van der Waals surface area contributed by atoms with E-state index < -0.39 is 24.1 Å². The van der Waals surface area contributed by atoms with Gasteiger partial charge in [0.25, 0.3) is 0 Å². The van der Waals surface area contributed by atoms with Crippen LogP contribution in [-0.2, 0) is 12.7 Å². The maximum atomic E-state index is 12.8. The number of piperazine rings is 1. The SMILES string of the molecule is CCNC(=NCc1nc(C(F)(F)F)cs1)N1CCN(C(C)C(F)(F)F)CC1.I. The van der Waals surface area contributed by atoms with Gasteiger partial charge in [-0.2, -0.15) is 26.3 Å².